The van der Waals surface area contributed by atoms with Gasteiger partial charge in [-0.25, -0.2) is 0 Å². The Bertz CT molecular complexity index is 484. The van der Waals surface area contributed by atoms with Crippen molar-refractivity contribution in [3.63, 3.8) is 0 Å². The summed E-state index contributed by atoms with van der Waals surface area (Å²) in [4.78, 5) is 0. The van der Waals surface area contributed by atoms with Crippen molar-refractivity contribution in [1.29, 1.82) is 0 Å². The summed E-state index contributed by atoms with van der Waals surface area (Å²) in [6.07, 6.45) is 1.16. The average molecular weight is 200 g/mol. The van der Waals surface area contributed by atoms with E-state index in [0.717, 1.165) is 19.5 Å². The first-order valence-electron chi connectivity index (χ1n) is 5.71. The Labute approximate surface area is 89.9 Å². The molecule has 0 aliphatic carbocycles. The zero-order valence-electron chi connectivity index (χ0n) is 9.03. The number of para-hydroxylation sites is 1. The molecule has 0 radical (unpaired) electrons. The molecule has 1 aromatic heterocycles. The highest BCUT2D eigenvalue weighted by Crippen LogP contribution is 2.28. The summed E-state index contributed by atoms with van der Waals surface area (Å²) >= 11 is 0. The van der Waals surface area contributed by atoms with Gasteiger partial charge in [0.05, 0.1) is 0 Å². The van der Waals surface area contributed by atoms with Gasteiger partial charge in [0, 0.05) is 30.3 Å². The fourth-order valence-corrected chi connectivity index (χ4v) is 2.58. The summed E-state index contributed by atoms with van der Waals surface area (Å²) in [6.45, 7) is 4.43. The average Bonchev–Trinajstić information content (AvgIpc) is 2.67. The molecule has 0 bridgehead atoms. The summed E-state index contributed by atoms with van der Waals surface area (Å²) in [5, 5.41) is 4.94. The standard InChI is InChI=1S/C13H16N2/c1-2-11-13-9-10-5-3-4-6-12(10)15(13)8-7-14-11/h3-6,9,11,14H,2,7-8H2,1H3. The van der Waals surface area contributed by atoms with Crippen LogP contribution in [-0.4, -0.2) is 11.1 Å². The molecule has 2 heterocycles. The molecule has 0 saturated carbocycles. The number of fused-ring (bicyclic) bond motifs is 3. The summed E-state index contributed by atoms with van der Waals surface area (Å²) < 4.78 is 2.46. The Morgan fingerprint density at radius 1 is 1.40 bits per heavy atom. The Kier molecular flexibility index (Phi) is 2.03. The van der Waals surface area contributed by atoms with Crippen LogP contribution >= 0.6 is 0 Å². The number of aromatic nitrogens is 1. The molecule has 1 aromatic carbocycles. The number of hydrogen-bond donors (Lipinski definition) is 1. The van der Waals surface area contributed by atoms with Gasteiger partial charge in [-0.3, -0.25) is 0 Å². The minimum absolute atomic E-state index is 0.533. The molecule has 0 amide bonds. The molecule has 78 valence electrons. The number of hydrogen-bond acceptors (Lipinski definition) is 1. The normalized spacial score (nSPS) is 20.5. The zero-order valence-corrected chi connectivity index (χ0v) is 9.03. The van der Waals surface area contributed by atoms with E-state index in [1.165, 1.54) is 16.6 Å². The minimum atomic E-state index is 0.533. The van der Waals surface area contributed by atoms with Crippen molar-refractivity contribution in [2.24, 2.45) is 0 Å². The van der Waals surface area contributed by atoms with E-state index < -0.39 is 0 Å². The monoisotopic (exact) mass is 200 g/mol. The zero-order chi connectivity index (χ0) is 10.3. The molecule has 2 nitrogen and oxygen atoms in total. The van der Waals surface area contributed by atoms with Crippen molar-refractivity contribution in [2.75, 3.05) is 6.54 Å². The second-order valence-corrected chi connectivity index (χ2v) is 4.19. The first-order chi connectivity index (χ1) is 7.40. The smallest absolute Gasteiger partial charge is 0.0483 e. The van der Waals surface area contributed by atoms with Crippen LogP contribution in [0.4, 0.5) is 0 Å². The minimum Gasteiger partial charge on any atom is -0.342 e. The second kappa shape index (κ2) is 3.38. The summed E-state index contributed by atoms with van der Waals surface area (Å²) in [5.41, 5.74) is 2.83. The quantitative estimate of drug-likeness (QED) is 0.749. The van der Waals surface area contributed by atoms with Gasteiger partial charge in [0.1, 0.15) is 0 Å². The molecule has 1 aliphatic heterocycles. The third-order valence-electron chi connectivity index (χ3n) is 3.33. The number of nitrogens with zero attached hydrogens (tertiary/aromatic N) is 1. The van der Waals surface area contributed by atoms with Crippen LogP contribution in [-0.2, 0) is 6.54 Å². The lowest BCUT2D eigenvalue weighted by Crippen LogP contribution is -2.32. The van der Waals surface area contributed by atoms with Crippen LogP contribution in [0, 0.1) is 0 Å². The second-order valence-electron chi connectivity index (χ2n) is 4.19. The Balaban J connectivity index is 2.24. The van der Waals surface area contributed by atoms with E-state index in [-0.39, 0.29) is 0 Å². The van der Waals surface area contributed by atoms with Crippen LogP contribution in [0.25, 0.3) is 10.9 Å². The summed E-state index contributed by atoms with van der Waals surface area (Å²) in [6, 6.07) is 11.5. The van der Waals surface area contributed by atoms with Crippen LogP contribution < -0.4 is 5.32 Å². The highest BCUT2D eigenvalue weighted by molar-refractivity contribution is 5.81. The largest absolute Gasteiger partial charge is 0.342 e. The molecule has 0 fully saturated rings. The summed E-state index contributed by atoms with van der Waals surface area (Å²) in [5.74, 6) is 0. The van der Waals surface area contributed by atoms with Crippen LogP contribution in [0.2, 0.25) is 0 Å². The molecule has 1 unspecified atom stereocenters. The van der Waals surface area contributed by atoms with E-state index in [4.69, 9.17) is 0 Å². The van der Waals surface area contributed by atoms with Gasteiger partial charge in [-0.2, -0.15) is 0 Å². The van der Waals surface area contributed by atoms with E-state index in [1.54, 1.807) is 0 Å². The van der Waals surface area contributed by atoms with E-state index in [0.29, 0.717) is 6.04 Å². The van der Waals surface area contributed by atoms with Gasteiger partial charge < -0.3 is 9.88 Å². The van der Waals surface area contributed by atoms with Gasteiger partial charge in [-0.1, -0.05) is 25.1 Å². The Hall–Kier alpha value is -1.28. The van der Waals surface area contributed by atoms with E-state index in [2.05, 4.69) is 47.1 Å². The van der Waals surface area contributed by atoms with Crippen molar-refractivity contribution in [3.05, 3.63) is 36.0 Å². The van der Waals surface area contributed by atoms with Crippen LogP contribution in [0.3, 0.4) is 0 Å². The van der Waals surface area contributed by atoms with Gasteiger partial charge in [0.15, 0.2) is 0 Å². The molecular weight excluding hydrogens is 184 g/mol. The number of nitrogens with one attached hydrogen (secondary N) is 1. The Morgan fingerprint density at radius 2 is 2.27 bits per heavy atom. The number of benzene rings is 1. The maximum absolute atomic E-state index is 3.57. The molecule has 0 spiro atoms. The predicted molar refractivity (Wildman–Crippen MR) is 63.0 cm³/mol. The molecule has 0 saturated heterocycles. The maximum Gasteiger partial charge on any atom is 0.0483 e. The molecule has 1 aliphatic rings. The van der Waals surface area contributed by atoms with Crippen LogP contribution in [0.15, 0.2) is 30.3 Å². The van der Waals surface area contributed by atoms with Gasteiger partial charge in [-0.15, -0.1) is 0 Å². The predicted octanol–water partition coefficient (Wildman–Crippen LogP) is 2.70. The lowest BCUT2D eigenvalue weighted by molar-refractivity contribution is 0.423. The van der Waals surface area contributed by atoms with Gasteiger partial charge in [0.25, 0.3) is 0 Å². The van der Waals surface area contributed by atoms with E-state index >= 15 is 0 Å². The molecule has 2 aromatic rings. The van der Waals surface area contributed by atoms with Crippen LogP contribution in [0.5, 0.6) is 0 Å². The maximum atomic E-state index is 3.57. The molecular formula is C13H16N2. The molecule has 2 heteroatoms. The highest BCUT2D eigenvalue weighted by Gasteiger charge is 2.19. The van der Waals surface area contributed by atoms with Gasteiger partial charge in [0.2, 0.25) is 0 Å². The fourth-order valence-electron chi connectivity index (χ4n) is 2.58. The number of rotatable bonds is 1. The lowest BCUT2D eigenvalue weighted by atomic mass is 10.1. The van der Waals surface area contributed by atoms with Gasteiger partial charge >= 0.3 is 0 Å². The van der Waals surface area contributed by atoms with Crippen molar-refractivity contribution in [3.8, 4) is 0 Å². The first kappa shape index (κ1) is 8.98. The lowest BCUT2D eigenvalue weighted by Gasteiger charge is -2.25. The van der Waals surface area contributed by atoms with Crippen molar-refractivity contribution < 1.29 is 0 Å². The summed E-state index contributed by atoms with van der Waals surface area (Å²) in [7, 11) is 0. The van der Waals surface area contributed by atoms with Crippen LogP contribution in [0.1, 0.15) is 25.1 Å². The fraction of sp³-hybridized carbons (Fsp3) is 0.385. The topological polar surface area (TPSA) is 17.0 Å². The molecule has 15 heavy (non-hydrogen) atoms. The van der Waals surface area contributed by atoms with E-state index in [1.807, 2.05) is 0 Å². The molecule has 1 atom stereocenters. The first-order valence-corrected chi connectivity index (χ1v) is 5.71. The third-order valence-corrected chi connectivity index (χ3v) is 3.33. The highest BCUT2D eigenvalue weighted by atomic mass is 15.1. The van der Waals surface area contributed by atoms with E-state index in [9.17, 15) is 0 Å². The van der Waals surface area contributed by atoms with Gasteiger partial charge in [-0.05, 0) is 23.9 Å². The molecule has 3 rings (SSSR count). The van der Waals surface area contributed by atoms with Crippen molar-refractivity contribution in [1.82, 2.24) is 9.88 Å². The van der Waals surface area contributed by atoms with Crippen molar-refractivity contribution in [2.45, 2.75) is 25.9 Å². The molecule has 1 N–H and O–H groups in total. The SMILES string of the molecule is CCC1NCCn2c1cc1ccccc12. The Morgan fingerprint density at radius 3 is 3.13 bits per heavy atom. The third kappa shape index (κ3) is 1.29. The van der Waals surface area contributed by atoms with Crippen molar-refractivity contribution >= 4 is 10.9 Å².